The van der Waals surface area contributed by atoms with Crippen LogP contribution in [0.25, 0.3) is 0 Å². The number of aromatic nitrogens is 2. The maximum absolute atomic E-state index is 6.20. The van der Waals surface area contributed by atoms with E-state index in [0.29, 0.717) is 12.5 Å². The minimum atomic E-state index is 0.602. The van der Waals surface area contributed by atoms with Crippen LogP contribution in [-0.2, 0) is 11.3 Å². The van der Waals surface area contributed by atoms with Gasteiger partial charge in [0.15, 0.2) is 5.82 Å². The van der Waals surface area contributed by atoms with Crippen LogP contribution in [-0.4, -0.2) is 42.2 Å². The zero-order valence-electron chi connectivity index (χ0n) is 17.4. The first kappa shape index (κ1) is 19.7. The van der Waals surface area contributed by atoms with Gasteiger partial charge in [0, 0.05) is 24.2 Å². The van der Waals surface area contributed by atoms with Crippen molar-refractivity contribution in [2.75, 3.05) is 31.2 Å². The molecular formula is C23H30N4O2. The van der Waals surface area contributed by atoms with Gasteiger partial charge < -0.3 is 14.5 Å². The van der Waals surface area contributed by atoms with Crippen LogP contribution in [0.3, 0.4) is 0 Å². The zero-order chi connectivity index (χ0) is 20.1. The highest BCUT2D eigenvalue weighted by Crippen LogP contribution is 2.32. The second-order valence-corrected chi connectivity index (χ2v) is 7.84. The predicted octanol–water partition coefficient (Wildman–Crippen LogP) is 4.16. The van der Waals surface area contributed by atoms with E-state index >= 15 is 0 Å². The molecule has 0 amide bonds. The third-order valence-electron chi connectivity index (χ3n) is 5.87. The summed E-state index contributed by atoms with van der Waals surface area (Å²) >= 11 is 0. The molecular weight excluding hydrogens is 364 g/mol. The molecule has 1 aromatic heterocycles. The Morgan fingerprint density at radius 3 is 2.72 bits per heavy atom. The first-order chi connectivity index (χ1) is 14.2. The Morgan fingerprint density at radius 1 is 1.10 bits per heavy atom. The van der Waals surface area contributed by atoms with Crippen LogP contribution in [0.15, 0.2) is 35.5 Å². The van der Waals surface area contributed by atoms with Crippen LogP contribution < -0.4 is 9.64 Å². The van der Waals surface area contributed by atoms with Crippen molar-refractivity contribution in [1.29, 1.82) is 0 Å². The van der Waals surface area contributed by atoms with Crippen molar-refractivity contribution in [2.45, 2.75) is 46.0 Å². The molecule has 0 atom stereocenters. The van der Waals surface area contributed by atoms with Crippen molar-refractivity contribution in [1.82, 2.24) is 10.2 Å². The number of aryl methyl sites for hydroxylation is 1. The van der Waals surface area contributed by atoms with Gasteiger partial charge in [0.2, 0.25) is 0 Å². The molecule has 2 aliphatic rings. The number of benzene rings is 1. The van der Waals surface area contributed by atoms with Crippen molar-refractivity contribution in [3.8, 4) is 5.75 Å². The molecule has 1 aliphatic heterocycles. The van der Waals surface area contributed by atoms with Gasteiger partial charge in [-0.25, -0.2) is 0 Å². The lowest BCUT2D eigenvalue weighted by molar-refractivity contribution is 0.158. The number of oxime groups is 1. The monoisotopic (exact) mass is 394 g/mol. The van der Waals surface area contributed by atoms with Crippen LogP contribution in [0.1, 0.15) is 49.4 Å². The number of fused-ring (bicyclic) bond motifs is 1. The van der Waals surface area contributed by atoms with Crippen LogP contribution in [0.4, 0.5) is 5.82 Å². The van der Waals surface area contributed by atoms with Gasteiger partial charge >= 0.3 is 0 Å². The summed E-state index contributed by atoms with van der Waals surface area (Å²) in [5.41, 5.74) is 4.46. The average molecular weight is 395 g/mol. The molecule has 0 spiro atoms. The Bertz CT molecular complexity index is 842. The van der Waals surface area contributed by atoms with E-state index in [0.717, 1.165) is 61.9 Å². The number of rotatable bonds is 7. The van der Waals surface area contributed by atoms with E-state index in [9.17, 15) is 0 Å². The van der Waals surface area contributed by atoms with E-state index in [1.807, 2.05) is 19.9 Å². The van der Waals surface area contributed by atoms with E-state index in [2.05, 4.69) is 44.5 Å². The molecule has 6 nitrogen and oxygen atoms in total. The van der Waals surface area contributed by atoms with E-state index in [4.69, 9.17) is 9.57 Å². The zero-order valence-corrected chi connectivity index (χ0v) is 17.4. The molecule has 2 heterocycles. The summed E-state index contributed by atoms with van der Waals surface area (Å²) in [4.78, 5) is 7.60. The van der Waals surface area contributed by atoms with Gasteiger partial charge in [-0.15, -0.1) is 5.10 Å². The van der Waals surface area contributed by atoms with Gasteiger partial charge in [-0.05, 0) is 70.1 Å². The van der Waals surface area contributed by atoms with Crippen molar-refractivity contribution >= 4 is 11.5 Å². The smallest absolute Gasteiger partial charge is 0.151 e. The highest BCUT2D eigenvalue weighted by molar-refractivity contribution is 6.04. The fourth-order valence-electron chi connectivity index (χ4n) is 4.19. The Kier molecular flexibility index (Phi) is 6.27. The summed E-state index contributed by atoms with van der Waals surface area (Å²) in [5, 5.41) is 12.8. The van der Waals surface area contributed by atoms with E-state index in [1.54, 1.807) is 0 Å². The molecule has 154 valence electrons. The van der Waals surface area contributed by atoms with Crippen molar-refractivity contribution in [3.63, 3.8) is 0 Å². The molecule has 1 saturated heterocycles. The number of hydrogen-bond acceptors (Lipinski definition) is 6. The molecule has 6 heteroatoms. The third kappa shape index (κ3) is 4.69. The minimum absolute atomic E-state index is 0.602. The molecule has 0 unspecified atom stereocenters. The quantitative estimate of drug-likeness (QED) is 0.660. The van der Waals surface area contributed by atoms with Gasteiger partial charge in [-0.1, -0.05) is 17.3 Å². The Balaban J connectivity index is 1.27. The van der Waals surface area contributed by atoms with Crippen LogP contribution in [0, 0.1) is 12.8 Å². The highest BCUT2D eigenvalue weighted by atomic mass is 16.6. The second kappa shape index (κ2) is 9.25. The van der Waals surface area contributed by atoms with Crippen molar-refractivity contribution < 1.29 is 9.57 Å². The first-order valence-electron chi connectivity index (χ1n) is 10.7. The summed E-state index contributed by atoms with van der Waals surface area (Å²) < 4.78 is 6.20. The fraction of sp³-hybridized carbons (Fsp3) is 0.522. The molecule has 1 aliphatic carbocycles. The summed E-state index contributed by atoms with van der Waals surface area (Å²) in [6.45, 7) is 7.38. The highest BCUT2D eigenvalue weighted by Gasteiger charge is 2.23. The Hall–Kier alpha value is -2.63. The maximum atomic E-state index is 6.20. The summed E-state index contributed by atoms with van der Waals surface area (Å²) in [7, 11) is 0. The summed E-state index contributed by atoms with van der Waals surface area (Å²) in [6, 6.07) is 10.4. The maximum Gasteiger partial charge on any atom is 0.151 e. The number of ether oxygens (including phenoxy) is 1. The largest absolute Gasteiger partial charge is 0.493 e. The molecule has 0 radical (unpaired) electrons. The molecule has 0 saturated carbocycles. The molecule has 2 aromatic rings. The van der Waals surface area contributed by atoms with E-state index < -0.39 is 0 Å². The Morgan fingerprint density at radius 2 is 1.97 bits per heavy atom. The number of nitrogens with zero attached hydrogens (tertiary/aromatic N) is 4. The fourth-order valence-corrected chi connectivity index (χ4v) is 4.19. The van der Waals surface area contributed by atoms with Gasteiger partial charge in [-0.3, -0.25) is 0 Å². The molecule has 0 N–H and O–H groups in total. The molecule has 0 bridgehead atoms. The first-order valence-corrected chi connectivity index (χ1v) is 10.7. The molecule has 1 aromatic carbocycles. The lowest BCUT2D eigenvalue weighted by Crippen LogP contribution is -2.34. The minimum Gasteiger partial charge on any atom is -0.493 e. The van der Waals surface area contributed by atoms with E-state index in [1.165, 1.54) is 24.0 Å². The normalized spacial score (nSPS) is 18.1. The van der Waals surface area contributed by atoms with Crippen molar-refractivity contribution in [2.24, 2.45) is 11.1 Å². The summed E-state index contributed by atoms with van der Waals surface area (Å²) in [5.74, 6) is 2.71. The Labute approximate surface area is 172 Å². The topological polar surface area (TPSA) is 59.8 Å². The van der Waals surface area contributed by atoms with Crippen LogP contribution in [0.5, 0.6) is 5.75 Å². The number of piperidine rings is 1. The SMILES string of the molecule is CCON=C1CCc2c(OCCC3CCN(c4ccc(C)nn4)CC3)cccc21. The second-order valence-electron chi connectivity index (χ2n) is 7.84. The molecule has 29 heavy (non-hydrogen) atoms. The van der Waals surface area contributed by atoms with Gasteiger partial charge in [0.25, 0.3) is 0 Å². The van der Waals surface area contributed by atoms with Gasteiger partial charge in [0.05, 0.1) is 18.0 Å². The van der Waals surface area contributed by atoms with Crippen LogP contribution in [0.2, 0.25) is 0 Å². The standard InChI is InChI=1S/C23H30N4O2/c1-3-29-26-21-9-8-20-19(21)5-4-6-22(20)28-16-13-18-11-14-27(15-12-18)23-10-7-17(2)24-25-23/h4-7,10,18H,3,8-9,11-16H2,1-2H3. The average Bonchev–Trinajstić information content (AvgIpc) is 3.17. The van der Waals surface area contributed by atoms with Gasteiger partial charge in [0.1, 0.15) is 12.4 Å². The van der Waals surface area contributed by atoms with Gasteiger partial charge in [-0.2, -0.15) is 5.10 Å². The number of hydrogen-bond donors (Lipinski definition) is 0. The summed E-state index contributed by atoms with van der Waals surface area (Å²) in [6.07, 6.45) is 5.36. The molecule has 4 rings (SSSR count). The predicted molar refractivity (Wildman–Crippen MR) is 115 cm³/mol. The van der Waals surface area contributed by atoms with E-state index in [-0.39, 0.29) is 0 Å². The lowest BCUT2D eigenvalue weighted by atomic mass is 9.94. The third-order valence-corrected chi connectivity index (χ3v) is 5.87. The lowest BCUT2D eigenvalue weighted by Gasteiger charge is -2.32. The van der Waals surface area contributed by atoms with Crippen molar-refractivity contribution in [3.05, 3.63) is 47.2 Å². The number of anilines is 1. The van der Waals surface area contributed by atoms with Crippen LogP contribution >= 0.6 is 0 Å². The molecule has 1 fully saturated rings.